The van der Waals surface area contributed by atoms with Gasteiger partial charge in [0.15, 0.2) is 23.9 Å². The van der Waals surface area contributed by atoms with Gasteiger partial charge in [0.2, 0.25) is 0 Å². The number of hydrogen-bond donors (Lipinski definition) is 1. The maximum atomic E-state index is 10.9. The molecule has 0 spiro atoms. The molecular weight excluding hydrogens is 258 g/mol. The highest BCUT2D eigenvalue weighted by Crippen LogP contribution is 2.35. The summed E-state index contributed by atoms with van der Waals surface area (Å²) in [5.74, 6) is -1.46. The second-order valence-corrected chi connectivity index (χ2v) is 3.54. The van der Waals surface area contributed by atoms with Gasteiger partial charge in [0.1, 0.15) is 0 Å². The standard InChI is InChI=1S/C11H11NO7/c1-6(11(14)15)19-10-7(5-13)3-8(12(16)17)4-9(10)18-2/h3-6H,1-2H3,(H,14,15)/t6-/m0/s1. The number of nitro groups is 1. The molecule has 0 radical (unpaired) electrons. The highest BCUT2D eigenvalue weighted by Gasteiger charge is 2.22. The van der Waals surface area contributed by atoms with Crippen molar-refractivity contribution in [2.75, 3.05) is 7.11 Å². The number of rotatable bonds is 6. The number of aliphatic carboxylic acids is 1. The largest absolute Gasteiger partial charge is 0.493 e. The summed E-state index contributed by atoms with van der Waals surface area (Å²) in [5.41, 5.74) is -0.506. The fourth-order valence-corrected chi connectivity index (χ4v) is 1.31. The molecule has 8 nitrogen and oxygen atoms in total. The van der Waals surface area contributed by atoms with E-state index in [9.17, 15) is 19.7 Å². The van der Waals surface area contributed by atoms with Gasteiger partial charge in [-0.1, -0.05) is 0 Å². The van der Waals surface area contributed by atoms with E-state index in [-0.39, 0.29) is 22.7 Å². The molecule has 1 aromatic rings. The number of carbonyl (C=O) groups excluding carboxylic acids is 1. The topological polar surface area (TPSA) is 116 Å². The predicted molar refractivity (Wildman–Crippen MR) is 62.8 cm³/mol. The van der Waals surface area contributed by atoms with Crippen molar-refractivity contribution in [3.8, 4) is 11.5 Å². The van der Waals surface area contributed by atoms with E-state index in [2.05, 4.69) is 0 Å². The molecule has 1 atom stereocenters. The Morgan fingerprint density at radius 1 is 1.53 bits per heavy atom. The van der Waals surface area contributed by atoms with E-state index in [0.29, 0.717) is 6.29 Å². The highest BCUT2D eigenvalue weighted by atomic mass is 16.6. The van der Waals surface area contributed by atoms with E-state index >= 15 is 0 Å². The van der Waals surface area contributed by atoms with Crippen LogP contribution in [0.5, 0.6) is 11.5 Å². The van der Waals surface area contributed by atoms with Crippen LogP contribution in [0.1, 0.15) is 17.3 Å². The minimum absolute atomic E-state index is 0.0793. The molecule has 0 bridgehead atoms. The fraction of sp³-hybridized carbons (Fsp3) is 0.273. The predicted octanol–water partition coefficient (Wildman–Crippen LogP) is 1.27. The summed E-state index contributed by atoms with van der Waals surface area (Å²) in [4.78, 5) is 31.6. The van der Waals surface area contributed by atoms with Gasteiger partial charge in [0.25, 0.3) is 5.69 Å². The van der Waals surface area contributed by atoms with Crippen molar-refractivity contribution in [3.05, 3.63) is 27.8 Å². The van der Waals surface area contributed by atoms with E-state index in [0.717, 1.165) is 12.1 Å². The molecule has 0 heterocycles. The van der Waals surface area contributed by atoms with Gasteiger partial charge in [-0.05, 0) is 6.92 Å². The van der Waals surface area contributed by atoms with Crippen LogP contribution in [0.3, 0.4) is 0 Å². The minimum Gasteiger partial charge on any atom is -0.493 e. The van der Waals surface area contributed by atoms with Crippen LogP contribution in [-0.2, 0) is 4.79 Å². The quantitative estimate of drug-likeness (QED) is 0.469. The molecule has 0 saturated heterocycles. The Labute approximate surface area is 107 Å². The summed E-state index contributed by atoms with van der Waals surface area (Å²) in [7, 11) is 1.23. The van der Waals surface area contributed by atoms with Crippen LogP contribution >= 0.6 is 0 Å². The molecule has 8 heteroatoms. The van der Waals surface area contributed by atoms with E-state index in [1.54, 1.807) is 0 Å². The first kappa shape index (κ1) is 14.4. The summed E-state index contributed by atoms with van der Waals surface area (Å²) < 4.78 is 9.95. The number of nitrogens with zero attached hydrogens (tertiary/aromatic N) is 1. The third-order valence-corrected chi connectivity index (χ3v) is 2.27. The van der Waals surface area contributed by atoms with Crippen LogP contribution < -0.4 is 9.47 Å². The number of ether oxygens (including phenoxy) is 2. The van der Waals surface area contributed by atoms with Crippen molar-refractivity contribution in [2.24, 2.45) is 0 Å². The smallest absolute Gasteiger partial charge is 0.344 e. The van der Waals surface area contributed by atoms with Gasteiger partial charge in [-0.25, -0.2) is 4.79 Å². The van der Waals surface area contributed by atoms with Crippen molar-refractivity contribution in [1.82, 2.24) is 0 Å². The van der Waals surface area contributed by atoms with Crippen LogP contribution in [0.4, 0.5) is 5.69 Å². The average molecular weight is 269 g/mol. The highest BCUT2D eigenvalue weighted by molar-refractivity contribution is 5.83. The Balaban J connectivity index is 3.32. The molecule has 1 rings (SSSR count). The lowest BCUT2D eigenvalue weighted by Gasteiger charge is -2.15. The van der Waals surface area contributed by atoms with Crippen LogP contribution in [-0.4, -0.2) is 35.5 Å². The summed E-state index contributed by atoms with van der Waals surface area (Å²) in [6.45, 7) is 1.26. The Kier molecular flexibility index (Phi) is 4.41. The van der Waals surface area contributed by atoms with E-state index in [1.807, 2.05) is 0 Å². The van der Waals surface area contributed by atoms with Gasteiger partial charge in [0, 0.05) is 6.07 Å². The molecule has 0 unspecified atom stereocenters. The lowest BCUT2D eigenvalue weighted by Crippen LogP contribution is -2.23. The Hall–Kier alpha value is -2.64. The first-order valence-electron chi connectivity index (χ1n) is 5.11. The van der Waals surface area contributed by atoms with Crippen molar-refractivity contribution in [3.63, 3.8) is 0 Å². The van der Waals surface area contributed by atoms with Crippen LogP contribution in [0, 0.1) is 10.1 Å². The monoisotopic (exact) mass is 269 g/mol. The van der Waals surface area contributed by atoms with Gasteiger partial charge in [-0.15, -0.1) is 0 Å². The van der Waals surface area contributed by atoms with Gasteiger partial charge in [-0.2, -0.15) is 0 Å². The van der Waals surface area contributed by atoms with Gasteiger partial charge >= 0.3 is 5.97 Å². The molecule has 0 fully saturated rings. The van der Waals surface area contributed by atoms with Crippen molar-refractivity contribution in [2.45, 2.75) is 13.0 Å². The summed E-state index contributed by atoms with van der Waals surface area (Å²) in [6.07, 6.45) is -0.895. The number of non-ortho nitro benzene ring substituents is 1. The van der Waals surface area contributed by atoms with Crippen molar-refractivity contribution >= 4 is 17.9 Å². The Morgan fingerprint density at radius 2 is 2.16 bits per heavy atom. The zero-order valence-electron chi connectivity index (χ0n) is 10.2. The second-order valence-electron chi connectivity index (χ2n) is 3.54. The summed E-state index contributed by atoms with van der Waals surface area (Å²) in [6, 6.07) is 2.04. The molecule has 0 aliphatic rings. The van der Waals surface area contributed by atoms with Gasteiger partial charge in [0.05, 0.1) is 23.7 Å². The zero-order chi connectivity index (χ0) is 14.6. The number of carboxylic acids is 1. The average Bonchev–Trinajstić information content (AvgIpc) is 2.38. The lowest BCUT2D eigenvalue weighted by atomic mass is 10.1. The fourth-order valence-electron chi connectivity index (χ4n) is 1.31. The number of carbonyl (C=O) groups is 2. The molecule has 0 aliphatic carbocycles. The first-order valence-corrected chi connectivity index (χ1v) is 5.11. The second kappa shape index (κ2) is 5.80. The molecule has 0 amide bonds. The molecule has 1 aromatic carbocycles. The number of methoxy groups -OCH3 is 1. The van der Waals surface area contributed by atoms with Crippen molar-refractivity contribution in [1.29, 1.82) is 0 Å². The van der Waals surface area contributed by atoms with E-state index in [1.165, 1.54) is 14.0 Å². The number of aldehydes is 1. The number of nitro benzene ring substituents is 1. The van der Waals surface area contributed by atoms with Crippen LogP contribution in [0.25, 0.3) is 0 Å². The Morgan fingerprint density at radius 3 is 2.58 bits per heavy atom. The van der Waals surface area contributed by atoms with Gasteiger partial charge in [-0.3, -0.25) is 14.9 Å². The van der Waals surface area contributed by atoms with Gasteiger partial charge < -0.3 is 14.6 Å². The van der Waals surface area contributed by atoms with E-state index in [4.69, 9.17) is 14.6 Å². The maximum absolute atomic E-state index is 10.9. The molecular formula is C11H11NO7. The number of carboxylic acid groups (broad SMARTS) is 1. The number of benzene rings is 1. The molecule has 0 aromatic heterocycles. The first-order chi connectivity index (χ1) is 8.90. The summed E-state index contributed by atoms with van der Waals surface area (Å²) >= 11 is 0. The molecule has 0 saturated carbocycles. The minimum atomic E-state index is -1.24. The third kappa shape index (κ3) is 3.18. The SMILES string of the molecule is COc1cc([N+](=O)[O-])cc(C=O)c1O[C@@H](C)C(=O)O. The molecule has 0 aliphatic heterocycles. The van der Waals surface area contributed by atoms with Crippen LogP contribution in [0.2, 0.25) is 0 Å². The van der Waals surface area contributed by atoms with Crippen molar-refractivity contribution < 1.29 is 29.1 Å². The number of hydrogen-bond acceptors (Lipinski definition) is 6. The molecule has 19 heavy (non-hydrogen) atoms. The van der Waals surface area contributed by atoms with Crippen LogP contribution in [0.15, 0.2) is 12.1 Å². The molecule has 102 valence electrons. The molecule has 1 N–H and O–H groups in total. The summed E-state index contributed by atoms with van der Waals surface area (Å²) in [5, 5.41) is 19.4. The maximum Gasteiger partial charge on any atom is 0.344 e. The third-order valence-electron chi connectivity index (χ3n) is 2.27. The van der Waals surface area contributed by atoms with E-state index < -0.39 is 17.0 Å². The normalized spacial score (nSPS) is 11.5. The Bertz CT molecular complexity index is 526. The zero-order valence-corrected chi connectivity index (χ0v) is 10.2. The lowest BCUT2D eigenvalue weighted by molar-refractivity contribution is -0.385.